The van der Waals surface area contributed by atoms with E-state index < -0.39 is 17.7 Å². The maximum absolute atomic E-state index is 12.7. The number of hydrogen-bond donors (Lipinski definition) is 0. The van der Waals surface area contributed by atoms with Crippen LogP contribution < -0.4 is 0 Å². The van der Waals surface area contributed by atoms with E-state index in [1.54, 1.807) is 9.80 Å². The second kappa shape index (κ2) is 7.02. The lowest BCUT2D eigenvalue weighted by atomic mass is 10.0. The van der Waals surface area contributed by atoms with E-state index in [0.29, 0.717) is 26.1 Å². The molecule has 1 aliphatic rings. The zero-order chi connectivity index (χ0) is 17.0. The highest BCUT2D eigenvalue weighted by Gasteiger charge is 2.38. The lowest BCUT2D eigenvalue weighted by Crippen LogP contribution is -2.60. The van der Waals surface area contributed by atoms with Crippen molar-refractivity contribution in [2.75, 3.05) is 19.6 Å². The van der Waals surface area contributed by atoms with Gasteiger partial charge in [0.1, 0.15) is 11.6 Å². The maximum atomic E-state index is 12.7. The number of hydrogen-bond acceptors (Lipinski definition) is 3. The van der Waals surface area contributed by atoms with Crippen molar-refractivity contribution in [3.8, 4) is 0 Å². The Kier molecular flexibility index (Phi) is 5.29. The molecule has 0 radical (unpaired) electrons. The van der Waals surface area contributed by atoms with Gasteiger partial charge in [-0.2, -0.15) is 0 Å². The van der Waals surface area contributed by atoms with Gasteiger partial charge in [0.15, 0.2) is 0 Å². The Morgan fingerprint density at radius 3 is 2.43 bits per heavy atom. The summed E-state index contributed by atoms with van der Waals surface area (Å²) in [4.78, 5) is 28.6. The number of likely N-dealkylation sites (N-methyl/N-ethyl adjacent to an activating group) is 1. The van der Waals surface area contributed by atoms with Crippen LogP contribution >= 0.6 is 0 Å². The van der Waals surface area contributed by atoms with Gasteiger partial charge < -0.3 is 9.64 Å². The fourth-order valence-electron chi connectivity index (χ4n) is 2.73. The van der Waals surface area contributed by atoms with Crippen molar-refractivity contribution in [2.24, 2.45) is 0 Å². The summed E-state index contributed by atoms with van der Waals surface area (Å²) in [5.41, 5.74) is 0.469. The summed E-state index contributed by atoms with van der Waals surface area (Å²) in [6.45, 7) is 9.18. The first-order valence-electron chi connectivity index (χ1n) is 8.14. The third-order valence-corrected chi connectivity index (χ3v) is 3.87. The number of carbonyl (C=O) groups excluding carboxylic acids is 2. The summed E-state index contributed by atoms with van der Waals surface area (Å²) in [5, 5.41) is 0. The third-order valence-electron chi connectivity index (χ3n) is 3.87. The zero-order valence-electron chi connectivity index (χ0n) is 14.4. The Morgan fingerprint density at radius 1 is 1.22 bits per heavy atom. The molecule has 0 aliphatic carbocycles. The molecule has 0 bridgehead atoms. The van der Waals surface area contributed by atoms with Crippen molar-refractivity contribution in [1.29, 1.82) is 0 Å². The van der Waals surface area contributed by atoms with Crippen LogP contribution in [0.15, 0.2) is 30.3 Å². The molecular weight excluding hydrogens is 292 g/mol. The summed E-state index contributed by atoms with van der Waals surface area (Å²) < 4.78 is 5.48. The molecule has 1 saturated heterocycles. The first-order valence-corrected chi connectivity index (χ1v) is 8.14. The smallest absolute Gasteiger partial charge is 0.411 e. The van der Waals surface area contributed by atoms with Gasteiger partial charge in [0.05, 0.1) is 0 Å². The summed E-state index contributed by atoms with van der Waals surface area (Å²) in [7, 11) is 0. The molecule has 0 spiro atoms. The van der Waals surface area contributed by atoms with Gasteiger partial charge in [-0.05, 0) is 33.3 Å². The van der Waals surface area contributed by atoms with Crippen molar-refractivity contribution >= 4 is 12.0 Å². The van der Waals surface area contributed by atoms with E-state index in [-0.39, 0.29) is 5.91 Å². The number of ether oxygens (including phenoxy) is 1. The number of rotatable bonds is 3. The van der Waals surface area contributed by atoms with Crippen LogP contribution in [0.25, 0.3) is 0 Å². The molecule has 1 aliphatic heterocycles. The van der Waals surface area contributed by atoms with Gasteiger partial charge in [-0.25, -0.2) is 4.79 Å². The monoisotopic (exact) mass is 318 g/mol. The van der Waals surface area contributed by atoms with Crippen LogP contribution in [0.3, 0.4) is 0 Å². The largest absolute Gasteiger partial charge is 0.444 e. The van der Waals surface area contributed by atoms with E-state index in [9.17, 15) is 9.59 Å². The van der Waals surface area contributed by atoms with Crippen molar-refractivity contribution in [3.05, 3.63) is 35.9 Å². The van der Waals surface area contributed by atoms with Gasteiger partial charge in [-0.3, -0.25) is 9.69 Å². The van der Waals surface area contributed by atoms with Crippen LogP contribution in [-0.2, 0) is 16.0 Å². The summed E-state index contributed by atoms with van der Waals surface area (Å²) in [6.07, 6.45) is 0.0950. The molecule has 23 heavy (non-hydrogen) atoms. The number of amides is 2. The topological polar surface area (TPSA) is 49.9 Å². The maximum Gasteiger partial charge on any atom is 0.411 e. The summed E-state index contributed by atoms with van der Waals surface area (Å²) in [6, 6.07) is 9.28. The van der Waals surface area contributed by atoms with Crippen LogP contribution in [0.1, 0.15) is 33.3 Å². The second-order valence-corrected chi connectivity index (χ2v) is 6.80. The van der Waals surface area contributed by atoms with Crippen molar-refractivity contribution in [3.63, 3.8) is 0 Å². The van der Waals surface area contributed by atoms with Gasteiger partial charge in [-0.15, -0.1) is 0 Å². The molecular formula is C18H26N2O3. The van der Waals surface area contributed by atoms with E-state index in [2.05, 4.69) is 0 Å². The standard InChI is InChI=1S/C18H26N2O3/c1-5-19-11-12-20(17(22)23-18(2,3)4)15(16(19)21)13-14-9-7-6-8-10-14/h6-10,15H,5,11-13H2,1-4H3. The molecule has 2 amide bonds. The molecule has 5 heteroatoms. The molecule has 126 valence electrons. The quantitative estimate of drug-likeness (QED) is 0.861. The van der Waals surface area contributed by atoms with Crippen molar-refractivity contribution in [1.82, 2.24) is 9.80 Å². The molecule has 2 rings (SSSR count). The van der Waals surface area contributed by atoms with Crippen LogP contribution in [0.4, 0.5) is 4.79 Å². The molecule has 0 N–H and O–H groups in total. The molecule has 1 atom stereocenters. The van der Waals surface area contributed by atoms with Gasteiger partial charge in [0.25, 0.3) is 0 Å². The van der Waals surface area contributed by atoms with Gasteiger partial charge in [0, 0.05) is 26.1 Å². The Labute approximate surface area is 138 Å². The highest BCUT2D eigenvalue weighted by atomic mass is 16.6. The van der Waals surface area contributed by atoms with E-state index in [0.717, 1.165) is 5.56 Å². The molecule has 0 saturated carbocycles. The Hall–Kier alpha value is -2.04. The van der Waals surface area contributed by atoms with Gasteiger partial charge >= 0.3 is 6.09 Å². The highest BCUT2D eigenvalue weighted by Crippen LogP contribution is 2.20. The summed E-state index contributed by atoms with van der Waals surface area (Å²) >= 11 is 0. The van der Waals surface area contributed by atoms with E-state index in [4.69, 9.17) is 4.74 Å². The second-order valence-electron chi connectivity index (χ2n) is 6.80. The fourth-order valence-corrected chi connectivity index (χ4v) is 2.73. The third kappa shape index (κ3) is 4.47. The highest BCUT2D eigenvalue weighted by molar-refractivity contribution is 5.87. The van der Waals surface area contributed by atoms with Crippen molar-refractivity contribution < 1.29 is 14.3 Å². The minimum atomic E-state index is -0.570. The molecule has 5 nitrogen and oxygen atoms in total. The predicted molar refractivity (Wildman–Crippen MR) is 89.1 cm³/mol. The molecule has 1 heterocycles. The van der Waals surface area contributed by atoms with Crippen LogP contribution in [0, 0.1) is 0 Å². The van der Waals surface area contributed by atoms with E-state index >= 15 is 0 Å². The number of nitrogens with zero attached hydrogens (tertiary/aromatic N) is 2. The van der Waals surface area contributed by atoms with Crippen LogP contribution in [0.2, 0.25) is 0 Å². The number of benzene rings is 1. The normalized spacial score (nSPS) is 19.0. The number of carbonyl (C=O) groups is 2. The molecule has 0 aromatic heterocycles. The molecule has 1 fully saturated rings. The summed E-state index contributed by atoms with van der Waals surface area (Å²) in [5.74, 6) is -0.00605. The first kappa shape index (κ1) is 17.3. The Balaban J connectivity index is 2.21. The SMILES string of the molecule is CCN1CCN(C(=O)OC(C)(C)C)C(Cc2ccccc2)C1=O. The van der Waals surface area contributed by atoms with Crippen LogP contribution in [-0.4, -0.2) is 53.1 Å². The fraction of sp³-hybridized carbons (Fsp3) is 0.556. The zero-order valence-corrected chi connectivity index (χ0v) is 14.4. The molecule has 1 aromatic rings. The predicted octanol–water partition coefficient (Wildman–Crippen LogP) is 2.70. The minimum Gasteiger partial charge on any atom is -0.444 e. The van der Waals surface area contributed by atoms with Gasteiger partial charge in [-0.1, -0.05) is 30.3 Å². The molecule has 1 aromatic carbocycles. The lowest BCUT2D eigenvalue weighted by Gasteiger charge is -2.40. The van der Waals surface area contributed by atoms with E-state index in [1.165, 1.54) is 0 Å². The van der Waals surface area contributed by atoms with E-state index in [1.807, 2.05) is 58.0 Å². The average molecular weight is 318 g/mol. The minimum absolute atomic E-state index is 0.00605. The molecule has 1 unspecified atom stereocenters. The number of piperazine rings is 1. The van der Waals surface area contributed by atoms with Crippen LogP contribution in [0.5, 0.6) is 0 Å². The lowest BCUT2D eigenvalue weighted by molar-refractivity contribution is -0.141. The Bertz CT molecular complexity index is 551. The Morgan fingerprint density at radius 2 is 1.87 bits per heavy atom. The first-order chi connectivity index (χ1) is 10.8. The van der Waals surface area contributed by atoms with Crippen molar-refractivity contribution in [2.45, 2.75) is 45.8 Å². The van der Waals surface area contributed by atoms with Gasteiger partial charge in [0.2, 0.25) is 5.91 Å². The average Bonchev–Trinajstić information content (AvgIpc) is 2.48.